The Morgan fingerprint density at radius 1 is 1.58 bits per heavy atom. The molecule has 0 fully saturated rings. The first-order valence-corrected chi connectivity index (χ1v) is 3.22. The van der Waals surface area contributed by atoms with Crippen molar-refractivity contribution in [2.75, 3.05) is 0 Å². The molecule has 0 aliphatic carbocycles. The molecule has 5 nitrogen and oxygen atoms in total. The Balaban J connectivity index is 2.99. The first-order valence-electron chi connectivity index (χ1n) is 3.22. The highest BCUT2D eigenvalue weighted by molar-refractivity contribution is 5.76. The molecule has 1 aromatic rings. The van der Waals surface area contributed by atoms with E-state index in [-0.39, 0.29) is 12.1 Å². The number of carbonyl (C=O) groups excluding carboxylic acids is 1. The second-order valence-electron chi connectivity index (χ2n) is 2.11. The molecule has 1 rings (SSSR count). The van der Waals surface area contributed by atoms with Crippen molar-refractivity contribution < 1.29 is 4.79 Å². The minimum atomic E-state index is -0.521. The molecule has 0 spiro atoms. The second kappa shape index (κ2) is 3.44. The summed E-state index contributed by atoms with van der Waals surface area (Å²) in [6.07, 6.45) is 2.76. The standard InChI is InChI=1S/C7H6N4O/c8-4-6-5(3-7(9)12)10-1-2-11-6/h1-2H,3H2,(H2,9,12). The van der Waals surface area contributed by atoms with E-state index in [9.17, 15) is 4.79 Å². The number of nitrogens with zero attached hydrogens (tertiary/aromatic N) is 3. The van der Waals surface area contributed by atoms with Crippen molar-refractivity contribution in [1.29, 1.82) is 5.26 Å². The number of nitriles is 1. The number of hydrogen-bond acceptors (Lipinski definition) is 4. The van der Waals surface area contributed by atoms with Gasteiger partial charge in [0.25, 0.3) is 0 Å². The van der Waals surface area contributed by atoms with Crippen molar-refractivity contribution in [2.24, 2.45) is 5.73 Å². The lowest BCUT2D eigenvalue weighted by Gasteiger charge is -1.96. The Morgan fingerprint density at radius 2 is 2.25 bits per heavy atom. The summed E-state index contributed by atoms with van der Waals surface area (Å²) < 4.78 is 0. The van der Waals surface area contributed by atoms with Gasteiger partial charge in [0, 0.05) is 12.4 Å². The van der Waals surface area contributed by atoms with Crippen LogP contribution in [-0.4, -0.2) is 15.9 Å². The number of nitrogens with two attached hydrogens (primary N) is 1. The smallest absolute Gasteiger partial charge is 0.223 e. The van der Waals surface area contributed by atoms with E-state index in [0.717, 1.165) is 0 Å². The molecule has 0 aromatic carbocycles. The lowest BCUT2D eigenvalue weighted by Crippen LogP contribution is -2.15. The van der Waals surface area contributed by atoms with E-state index >= 15 is 0 Å². The maximum Gasteiger partial charge on any atom is 0.223 e. The molecule has 0 saturated carbocycles. The van der Waals surface area contributed by atoms with Gasteiger partial charge >= 0.3 is 0 Å². The van der Waals surface area contributed by atoms with Gasteiger partial charge in [-0.05, 0) is 0 Å². The molecule has 0 saturated heterocycles. The van der Waals surface area contributed by atoms with Gasteiger partial charge in [0.15, 0.2) is 5.69 Å². The summed E-state index contributed by atoms with van der Waals surface area (Å²) in [7, 11) is 0. The molecule has 12 heavy (non-hydrogen) atoms. The first-order chi connectivity index (χ1) is 5.74. The molecule has 60 valence electrons. The molecule has 1 aromatic heterocycles. The van der Waals surface area contributed by atoms with Crippen molar-refractivity contribution in [1.82, 2.24) is 9.97 Å². The molecule has 0 unspecified atom stereocenters. The zero-order valence-electron chi connectivity index (χ0n) is 6.19. The van der Waals surface area contributed by atoms with Crippen LogP contribution in [0.25, 0.3) is 0 Å². The molecule has 1 heterocycles. The quantitative estimate of drug-likeness (QED) is 0.626. The van der Waals surface area contributed by atoms with Gasteiger partial charge < -0.3 is 5.73 Å². The molecule has 5 heteroatoms. The van der Waals surface area contributed by atoms with Gasteiger partial charge in [-0.25, -0.2) is 4.98 Å². The molecule has 0 radical (unpaired) electrons. The Kier molecular flexibility index (Phi) is 2.33. The molecule has 0 bridgehead atoms. The van der Waals surface area contributed by atoms with Crippen LogP contribution in [0.2, 0.25) is 0 Å². The number of hydrogen-bond donors (Lipinski definition) is 1. The van der Waals surface area contributed by atoms with Crippen molar-refractivity contribution in [3.8, 4) is 6.07 Å². The third kappa shape index (κ3) is 1.76. The fourth-order valence-electron chi connectivity index (χ4n) is 0.755. The monoisotopic (exact) mass is 162 g/mol. The minimum absolute atomic E-state index is 0.0449. The second-order valence-corrected chi connectivity index (χ2v) is 2.11. The van der Waals surface area contributed by atoms with E-state index in [4.69, 9.17) is 11.0 Å². The molecule has 1 amide bonds. The zero-order valence-corrected chi connectivity index (χ0v) is 6.19. The minimum Gasteiger partial charge on any atom is -0.369 e. The van der Waals surface area contributed by atoms with Gasteiger partial charge in [-0.1, -0.05) is 0 Å². The number of carbonyl (C=O) groups is 1. The predicted molar refractivity (Wildman–Crippen MR) is 39.6 cm³/mol. The summed E-state index contributed by atoms with van der Waals surface area (Å²) in [5, 5.41) is 8.53. The third-order valence-corrected chi connectivity index (χ3v) is 1.22. The van der Waals surface area contributed by atoms with E-state index in [0.29, 0.717) is 5.69 Å². The van der Waals surface area contributed by atoms with Crippen LogP contribution in [0.15, 0.2) is 12.4 Å². The van der Waals surface area contributed by atoms with E-state index in [2.05, 4.69) is 9.97 Å². The van der Waals surface area contributed by atoms with Gasteiger partial charge in [-0.2, -0.15) is 5.26 Å². The summed E-state index contributed by atoms with van der Waals surface area (Å²) >= 11 is 0. The van der Waals surface area contributed by atoms with Crippen LogP contribution in [0, 0.1) is 11.3 Å². The van der Waals surface area contributed by atoms with Crippen LogP contribution in [-0.2, 0) is 11.2 Å². The van der Waals surface area contributed by atoms with Crippen LogP contribution in [0.5, 0.6) is 0 Å². The predicted octanol–water partition coefficient (Wildman–Crippen LogP) is -0.624. The average molecular weight is 162 g/mol. The van der Waals surface area contributed by atoms with Crippen LogP contribution in [0.1, 0.15) is 11.4 Å². The van der Waals surface area contributed by atoms with Crippen molar-refractivity contribution in [3.05, 3.63) is 23.8 Å². The normalized spacial score (nSPS) is 8.92. The summed E-state index contributed by atoms with van der Waals surface area (Å²) in [5.74, 6) is -0.521. The van der Waals surface area contributed by atoms with Crippen LogP contribution >= 0.6 is 0 Å². The molecule has 0 aliphatic heterocycles. The fourth-order valence-corrected chi connectivity index (χ4v) is 0.755. The summed E-state index contributed by atoms with van der Waals surface area (Å²) in [6.45, 7) is 0. The largest absolute Gasteiger partial charge is 0.369 e. The summed E-state index contributed by atoms with van der Waals surface area (Å²) in [5.41, 5.74) is 5.41. The molecular weight excluding hydrogens is 156 g/mol. The third-order valence-electron chi connectivity index (χ3n) is 1.22. The fraction of sp³-hybridized carbons (Fsp3) is 0.143. The van der Waals surface area contributed by atoms with E-state index in [1.165, 1.54) is 12.4 Å². The lowest BCUT2D eigenvalue weighted by molar-refractivity contribution is -0.117. The van der Waals surface area contributed by atoms with Gasteiger partial charge in [-0.15, -0.1) is 0 Å². The first kappa shape index (κ1) is 8.14. The van der Waals surface area contributed by atoms with Crippen LogP contribution in [0.3, 0.4) is 0 Å². The Bertz CT molecular complexity index is 342. The topological polar surface area (TPSA) is 92.7 Å². The van der Waals surface area contributed by atoms with Gasteiger partial charge in [0.1, 0.15) is 6.07 Å². The van der Waals surface area contributed by atoms with Gasteiger partial charge in [0.05, 0.1) is 12.1 Å². The molecular formula is C7H6N4O. The average Bonchev–Trinajstić information content (AvgIpc) is 2.04. The van der Waals surface area contributed by atoms with Gasteiger partial charge in [-0.3, -0.25) is 9.78 Å². The maximum atomic E-state index is 10.5. The van der Waals surface area contributed by atoms with E-state index in [1.807, 2.05) is 6.07 Å². The van der Waals surface area contributed by atoms with Crippen LogP contribution < -0.4 is 5.73 Å². The molecule has 0 atom stereocenters. The highest BCUT2D eigenvalue weighted by atomic mass is 16.1. The number of amides is 1. The Labute approximate surface area is 68.9 Å². The van der Waals surface area contributed by atoms with E-state index in [1.54, 1.807) is 0 Å². The summed E-state index contributed by atoms with van der Waals surface area (Å²) in [6, 6.07) is 1.82. The highest BCUT2D eigenvalue weighted by Crippen LogP contribution is 1.99. The van der Waals surface area contributed by atoms with Crippen molar-refractivity contribution in [2.45, 2.75) is 6.42 Å². The SMILES string of the molecule is N#Cc1nccnc1CC(N)=O. The van der Waals surface area contributed by atoms with Crippen molar-refractivity contribution >= 4 is 5.91 Å². The number of aromatic nitrogens is 2. The molecule has 0 aliphatic rings. The lowest BCUT2D eigenvalue weighted by atomic mass is 10.2. The Morgan fingerprint density at radius 3 is 2.83 bits per heavy atom. The van der Waals surface area contributed by atoms with Gasteiger partial charge in [0.2, 0.25) is 5.91 Å². The van der Waals surface area contributed by atoms with E-state index < -0.39 is 5.91 Å². The molecule has 2 N–H and O–H groups in total. The zero-order chi connectivity index (χ0) is 8.97. The van der Waals surface area contributed by atoms with Crippen LogP contribution in [0.4, 0.5) is 0 Å². The Hall–Kier alpha value is -1.96. The maximum absolute atomic E-state index is 10.5. The highest BCUT2D eigenvalue weighted by Gasteiger charge is 2.06. The van der Waals surface area contributed by atoms with Crippen molar-refractivity contribution in [3.63, 3.8) is 0 Å². The number of rotatable bonds is 2. The number of primary amides is 1. The summed E-state index contributed by atoms with van der Waals surface area (Å²) in [4.78, 5) is 18.0.